The third-order valence-corrected chi connectivity index (χ3v) is 5.82. The normalized spacial score (nSPS) is 41.9. The van der Waals surface area contributed by atoms with Crippen molar-refractivity contribution in [1.29, 1.82) is 0 Å². The predicted octanol–water partition coefficient (Wildman–Crippen LogP) is 4.44. The van der Waals surface area contributed by atoms with Crippen LogP contribution in [0.2, 0.25) is 0 Å². The smallest absolute Gasteiger partial charge is 0.161 e. The number of halogens is 2. The van der Waals surface area contributed by atoms with Gasteiger partial charge in [-0.3, -0.25) is 4.79 Å². The highest BCUT2D eigenvalue weighted by Gasteiger charge is 2.58. The molecule has 2 bridgehead atoms. The quantitative estimate of drug-likeness (QED) is 0.447. The Morgan fingerprint density at radius 1 is 1.47 bits per heavy atom. The average Bonchev–Trinajstić information content (AvgIpc) is 2.28. The Kier molecular flexibility index (Phi) is 2.86. The lowest BCUT2D eigenvalue weighted by atomic mass is 9.57. The van der Waals surface area contributed by atoms with E-state index in [1.54, 1.807) is 0 Å². The van der Waals surface area contributed by atoms with Crippen LogP contribution < -0.4 is 0 Å². The van der Waals surface area contributed by atoms with Crippen molar-refractivity contribution in [3.63, 3.8) is 0 Å². The zero-order valence-corrected chi connectivity index (χ0v) is 13.1. The molecule has 2 aliphatic carbocycles. The van der Waals surface area contributed by atoms with Crippen LogP contribution in [0, 0.1) is 16.7 Å². The van der Waals surface area contributed by atoms with Gasteiger partial charge in [-0.2, -0.15) is 0 Å². The highest BCUT2D eigenvalue weighted by atomic mass is 127. The van der Waals surface area contributed by atoms with Gasteiger partial charge < -0.3 is 0 Å². The molecule has 0 aromatic heterocycles. The number of Topliss-reactive ketones (excluding diaryl/α,β-unsaturated/α-hetero) is 1. The highest BCUT2D eigenvalue weighted by molar-refractivity contribution is 14.1. The summed E-state index contributed by atoms with van der Waals surface area (Å²) in [5.41, 5.74) is 1.38. The molecule has 2 unspecified atom stereocenters. The number of fused-ring (bicyclic) bond motifs is 2. The Balaban J connectivity index is 2.60. The van der Waals surface area contributed by atoms with Crippen LogP contribution >= 0.6 is 38.5 Å². The van der Waals surface area contributed by atoms with Gasteiger partial charge in [-0.1, -0.05) is 20.8 Å². The maximum absolute atomic E-state index is 12.1. The number of ketones is 1. The molecule has 0 spiro atoms. The summed E-state index contributed by atoms with van der Waals surface area (Å²) in [6, 6.07) is 0. The van der Waals surface area contributed by atoms with E-state index in [1.165, 1.54) is 6.42 Å². The molecule has 3 heteroatoms. The van der Waals surface area contributed by atoms with Crippen LogP contribution in [0.15, 0.2) is 8.06 Å². The lowest BCUT2D eigenvalue weighted by Gasteiger charge is -2.47. The molecule has 0 amide bonds. The minimum absolute atomic E-state index is 0.0764. The van der Waals surface area contributed by atoms with Crippen LogP contribution in [-0.4, -0.2) is 5.78 Å². The Morgan fingerprint density at radius 2 is 2.07 bits per heavy atom. The van der Waals surface area contributed by atoms with Crippen LogP contribution in [0.3, 0.4) is 0 Å². The van der Waals surface area contributed by atoms with Crippen LogP contribution in [0.4, 0.5) is 0 Å². The van der Waals surface area contributed by atoms with Gasteiger partial charge in [0.05, 0.1) is 2.49 Å². The molecule has 2 atom stereocenters. The molecule has 0 aliphatic heterocycles. The van der Waals surface area contributed by atoms with Crippen molar-refractivity contribution in [2.24, 2.45) is 16.7 Å². The first kappa shape index (κ1) is 12.1. The molecule has 0 N–H and O–H groups in total. The lowest BCUT2D eigenvalue weighted by molar-refractivity contribution is -0.121. The average molecular weight is 383 g/mol. The number of carbonyl (C=O) groups excluding carboxylic acids is 1. The summed E-state index contributed by atoms with van der Waals surface area (Å²) in [6.07, 6.45) is 3.11. The summed E-state index contributed by atoms with van der Waals surface area (Å²) in [7, 11) is 0. The molecule has 15 heavy (non-hydrogen) atoms. The van der Waals surface area contributed by atoms with Gasteiger partial charge in [0.15, 0.2) is 5.78 Å². The van der Waals surface area contributed by atoms with E-state index in [0.29, 0.717) is 11.7 Å². The van der Waals surface area contributed by atoms with Crippen molar-refractivity contribution in [2.45, 2.75) is 40.0 Å². The molecule has 2 saturated carbocycles. The molecular weight excluding hydrogens is 367 g/mol. The third kappa shape index (κ3) is 1.48. The zero-order chi connectivity index (χ0) is 11.4. The molecule has 0 heterocycles. The van der Waals surface area contributed by atoms with Crippen LogP contribution in [0.1, 0.15) is 40.0 Å². The maximum Gasteiger partial charge on any atom is 0.161 e. The molecule has 0 radical (unpaired) electrons. The molecule has 1 nitrogen and oxygen atoms in total. The van der Waals surface area contributed by atoms with Crippen molar-refractivity contribution >= 4 is 44.3 Å². The van der Waals surface area contributed by atoms with Crippen molar-refractivity contribution < 1.29 is 4.79 Å². The van der Waals surface area contributed by atoms with Crippen LogP contribution in [0.5, 0.6) is 0 Å². The molecule has 0 saturated heterocycles. The molecule has 0 aromatic rings. The van der Waals surface area contributed by atoms with E-state index in [2.05, 4.69) is 59.3 Å². The fourth-order valence-electron chi connectivity index (χ4n) is 3.35. The largest absolute Gasteiger partial charge is 0.294 e. The Hall–Kier alpha value is 0.620. The van der Waals surface area contributed by atoms with Gasteiger partial charge in [0.25, 0.3) is 0 Å². The first-order chi connectivity index (χ1) is 6.80. The Labute approximate surface area is 113 Å². The van der Waals surface area contributed by atoms with Crippen LogP contribution in [-0.2, 0) is 4.79 Å². The second kappa shape index (κ2) is 3.56. The summed E-state index contributed by atoms with van der Waals surface area (Å²) in [6.45, 7) is 6.91. The van der Waals surface area contributed by atoms with Gasteiger partial charge in [0.1, 0.15) is 0 Å². The number of allylic oxidation sites excluding steroid dienone is 1. The summed E-state index contributed by atoms with van der Waals surface area (Å²) in [4.78, 5) is 12.1. The lowest BCUT2D eigenvalue weighted by Crippen LogP contribution is -2.43. The van der Waals surface area contributed by atoms with Crippen molar-refractivity contribution in [3.8, 4) is 0 Å². The maximum atomic E-state index is 12.1. The van der Waals surface area contributed by atoms with Crippen molar-refractivity contribution in [2.75, 3.05) is 0 Å². The number of hydrogen-bond acceptors (Lipinski definition) is 1. The Morgan fingerprint density at radius 3 is 2.60 bits per heavy atom. The minimum Gasteiger partial charge on any atom is -0.294 e. The van der Waals surface area contributed by atoms with Crippen molar-refractivity contribution in [1.82, 2.24) is 0 Å². The van der Waals surface area contributed by atoms with Gasteiger partial charge in [-0.25, -0.2) is 0 Å². The third-order valence-electron chi connectivity index (χ3n) is 4.89. The van der Waals surface area contributed by atoms with Gasteiger partial charge in [-0.15, -0.1) is 0 Å². The fraction of sp³-hybridized carbons (Fsp3) is 0.750. The summed E-state index contributed by atoms with van der Waals surface area (Å²) >= 11 is 5.74. The topological polar surface area (TPSA) is 17.1 Å². The van der Waals surface area contributed by atoms with E-state index < -0.39 is 0 Å². The fourth-order valence-corrected chi connectivity index (χ4v) is 4.90. The second-order valence-electron chi connectivity index (χ2n) is 5.55. The van der Waals surface area contributed by atoms with Crippen LogP contribution in [0.25, 0.3) is 0 Å². The van der Waals surface area contributed by atoms with Gasteiger partial charge >= 0.3 is 0 Å². The monoisotopic (exact) mass is 382 g/mol. The first-order valence-electron chi connectivity index (χ1n) is 5.39. The molecule has 84 valence electrons. The van der Waals surface area contributed by atoms with Gasteiger partial charge in [-0.05, 0) is 62.7 Å². The summed E-state index contributed by atoms with van der Waals surface area (Å²) in [5.74, 6) is 0.947. The van der Waals surface area contributed by atoms with E-state index in [-0.39, 0.29) is 10.8 Å². The van der Waals surface area contributed by atoms with Crippen molar-refractivity contribution in [3.05, 3.63) is 8.06 Å². The minimum atomic E-state index is 0.0764. The van der Waals surface area contributed by atoms with Gasteiger partial charge in [0, 0.05) is 17.4 Å². The zero-order valence-electron chi connectivity index (χ0n) is 9.36. The number of rotatable bonds is 0. The van der Waals surface area contributed by atoms with E-state index in [1.807, 2.05) is 0 Å². The molecule has 0 aromatic carbocycles. The Bertz CT molecular complexity index is 355. The SMILES string of the molecule is CC12CCC(CC(=O)/C1=C(\Br)I)C2(C)C. The predicted molar refractivity (Wildman–Crippen MR) is 74.2 cm³/mol. The molecule has 2 fully saturated rings. The molecule has 2 aliphatic rings. The van der Waals surface area contributed by atoms with E-state index >= 15 is 0 Å². The standard InChI is InChI=1S/C12H16BrIO/c1-11(2)7-4-5-12(11,3)9(10(13)14)8(15)6-7/h7H,4-6H2,1-3H3/b10-9-. The highest BCUT2D eigenvalue weighted by Crippen LogP contribution is 2.65. The van der Waals surface area contributed by atoms with Gasteiger partial charge in [0.2, 0.25) is 0 Å². The molecule has 2 rings (SSSR count). The first-order valence-corrected chi connectivity index (χ1v) is 7.27. The second-order valence-corrected chi connectivity index (χ2v) is 8.91. The van der Waals surface area contributed by atoms with E-state index in [4.69, 9.17) is 0 Å². The summed E-state index contributed by atoms with van der Waals surface area (Å²) in [5, 5.41) is 0. The number of hydrogen-bond donors (Lipinski definition) is 0. The number of carbonyl (C=O) groups is 1. The van der Waals surface area contributed by atoms with E-state index in [0.717, 1.165) is 20.9 Å². The van der Waals surface area contributed by atoms with E-state index in [9.17, 15) is 4.79 Å². The molecular formula is C12H16BrIO. The summed E-state index contributed by atoms with van der Waals surface area (Å²) < 4.78 is 1.01.